The first-order chi connectivity index (χ1) is 12.6. The van der Waals surface area contributed by atoms with Gasteiger partial charge in [-0.2, -0.15) is 0 Å². The Morgan fingerprint density at radius 1 is 1.38 bits per heavy atom. The van der Waals surface area contributed by atoms with Gasteiger partial charge in [0.1, 0.15) is 0 Å². The van der Waals surface area contributed by atoms with Crippen LogP contribution in [-0.2, 0) is 18.4 Å². The van der Waals surface area contributed by atoms with Crippen LogP contribution in [0.15, 0.2) is 30.0 Å². The summed E-state index contributed by atoms with van der Waals surface area (Å²) in [6.45, 7) is 4.63. The van der Waals surface area contributed by atoms with Crippen LogP contribution in [0.25, 0.3) is 0 Å². The van der Waals surface area contributed by atoms with Crippen molar-refractivity contribution < 1.29 is 4.79 Å². The van der Waals surface area contributed by atoms with E-state index in [0.29, 0.717) is 5.91 Å². The van der Waals surface area contributed by atoms with Crippen LogP contribution in [0.1, 0.15) is 35.8 Å². The molecule has 26 heavy (non-hydrogen) atoms. The van der Waals surface area contributed by atoms with Crippen molar-refractivity contribution in [2.24, 2.45) is 18.4 Å². The number of nitrogens with zero attached hydrogens (tertiary/aromatic N) is 4. The summed E-state index contributed by atoms with van der Waals surface area (Å²) in [7, 11) is 2.01. The second-order valence-corrected chi connectivity index (χ2v) is 9.40. The number of likely N-dealkylation sites (tertiary alicyclic amines) is 2. The molecule has 2 aliphatic heterocycles. The molecule has 1 spiro atoms. The lowest BCUT2D eigenvalue weighted by molar-refractivity contribution is -0.136. The minimum Gasteiger partial charge on any atom is -0.342 e. The molecule has 2 atom stereocenters. The number of aryl methyl sites for hydroxylation is 1. The smallest absolute Gasteiger partial charge is 0.230 e. The fourth-order valence-corrected chi connectivity index (χ4v) is 5.60. The molecule has 3 fully saturated rings. The predicted octanol–water partition coefficient (Wildman–Crippen LogP) is 2.71. The molecule has 0 N–H and O–H groups in total. The van der Waals surface area contributed by atoms with Crippen LogP contribution in [0.5, 0.6) is 0 Å². The summed E-state index contributed by atoms with van der Waals surface area (Å²) in [6, 6.07) is 4.31. The molecule has 2 saturated heterocycles. The van der Waals surface area contributed by atoms with E-state index < -0.39 is 0 Å². The van der Waals surface area contributed by atoms with Gasteiger partial charge < -0.3 is 9.47 Å². The maximum atomic E-state index is 13.5. The Morgan fingerprint density at radius 3 is 2.96 bits per heavy atom. The van der Waals surface area contributed by atoms with E-state index in [9.17, 15) is 4.79 Å². The van der Waals surface area contributed by atoms with Crippen LogP contribution >= 0.6 is 11.3 Å². The lowest BCUT2D eigenvalue weighted by Crippen LogP contribution is -2.40. The van der Waals surface area contributed by atoms with Gasteiger partial charge in [-0.05, 0) is 36.6 Å². The van der Waals surface area contributed by atoms with Gasteiger partial charge in [0.2, 0.25) is 5.91 Å². The number of amides is 1. The maximum absolute atomic E-state index is 13.5. The SMILES string of the molecule is Cn1cnc(C2CN(Cc3cccs3)CC23CCN(CC2CC2)C3=O)c1. The van der Waals surface area contributed by atoms with E-state index in [-0.39, 0.29) is 11.3 Å². The number of carbonyl (C=O) groups excluding carboxylic acids is 1. The van der Waals surface area contributed by atoms with Crippen molar-refractivity contribution in [2.75, 3.05) is 26.2 Å². The third-order valence-electron chi connectivity index (χ3n) is 6.37. The Labute approximate surface area is 158 Å². The predicted molar refractivity (Wildman–Crippen MR) is 102 cm³/mol. The minimum atomic E-state index is -0.277. The first kappa shape index (κ1) is 16.5. The zero-order valence-electron chi connectivity index (χ0n) is 15.3. The number of carbonyl (C=O) groups is 1. The van der Waals surface area contributed by atoms with Crippen LogP contribution in [0, 0.1) is 11.3 Å². The number of hydrogen-bond donors (Lipinski definition) is 0. The lowest BCUT2D eigenvalue weighted by atomic mass is 9.75. The monoisotopic (exact) mass is 370 g/mol. The number of rotatable bonds is 5. The highest BCUT2D eigenvalue weighted by atomic mass is 32.1. The van der Waals surface area contributed by atoms with Gasteiger partial charge in [-0.1, -0.05) is 6.07 Å². The van der Waals surface area contributed by atoms with Crippen LogP contribution in [-0.4, -0.2) is 51.4 Å². The number of hydrogen-bond acceptors (Lipinski definition) is 4. The molecule has 138 valence electrons. The Kier molecular flexibility index (Phi) is 3.94. The van der Waals surface area contributed by atoms with Crippen molar-refractivity contribution >= 4 is 17.2 Å². The summed E-state index contributed by atoms with van der Waals surface area (Å²) in [5.74, 6) is 1.35. The van der Waals surface area contributed by atoms with E-state index in [1.807, 2.05) is 17.9 Å². The molecule has 2 aromatic rings. The molecule has 0 bridgehead atoms. The van der Waals surface area contributed by atoms with E-state index in [4.69, 9.17) is 0 Å². The standard InChI is InChI=1S/C20H26N4OS/c1-22-12-18(21-14-22)17-11-23(10-16-3-2-8-26-16)13-20(17)6-7-24(19(20)25)9-15-4-5-15/h2-3,8,12,14-15,17H,4-7,9-11,13H2,1H3. The average Bonchev–Trinajstić information content (AvgIpc) is 2.98. The van der Waals surface area contributed by atoms with Crippen molar-refractivity contribution in [1.82, 2.24) is 19.4 Å². The lowest BCUT2D eigenvalue weighted by Gasteiger charge is -2.28. The molecule has 6 heteroatoms. The molecule has 2 aromatic heterocycles. The van der Waals surface area contributed by atoms with E-state index in [0.717, 1.165) is 50.8 Å². The van der Waals surface area contributed by atoms with Gasteiger partial charge in [-0.3, -0.25) is 9.69 Å². The molecule has 3 aliphatic rings. The fourth-order valence-electron chi connectivity index (χ4n) is 4.85. The highest BCUT2D eigenvalue weighted by Gasteiger charge is 2.58. The summed E-state index contributed by atoms with van der Waals surface area (Å²) >= 11 is 1.80. The Bertz CT molecular complexity index is 797. The molecular weight excluding hydrogens is 344 g/mol. The normalized spacial score (nSPS) is 29.3. The molecule has 1 amide bonds. The molecule has 4 heterocycles. The summed E-state index contributed by atoms with van der Waals surface area (Å²) < 4.78 is 2.01. The number of imidazole rings is 1. The van der Waals surface area contributed by atoms with E-state index >= 15 is 0 Å². The van der Waals surface area contributed by atoms with E-state index in [1.165, 1.54) is 17.7 Å². The van der Waals surface area contributed by atoms with Crippen molar-refractivity contribution in [3.05, 3.63) is 40.6 Å². The van der Waals surface area contributed by atoms with Crippen molar-refractivity contribution in [2.45, 2.75) is 31.7 Å². The summed E-state index contributed by atoms with van der Waals surface area (Å²) in [6.07, 6.45) is 7.54. The van der Waals surface area contributed by atoms with Crippen LogP contribution in [0.2, 0.25) is 0 Å². The fraction of sp³-hybridized carbons (Fsp3) is 0.600. The van der Waals surface area contributed by atoms with Gasteiger partial charge in [0.25, 0.3) is 0 Å². The van der Waals surface area contributed by atoms with Gasteiger partial charge in [0.15, 0.2) is 0 Å². The molecule has 5 rings (SSSR count). The van der Waals surface area contributed by atoms with Crippen LogP contribution < -0.4 is 0 Å². The minimum absolute atomic E-state index is 0.209. The molecule has 1 saturated carbocycles. The van der Waals surface area contributed by atoms with Gasteiger partial charge in [-0.25, -0.2) is 4.98 Å². The molecule has 0 radical (unpaired) electrons. The zero-order valence-corrected chi connectivity index (χ0v) is 16.1. The summed E-state index contributed by atoms with van der Waals surface area (Å²) in [4.78, 5) is 24.2. The quantitative estimate of drug-likeness (QED) is 0.813. The van der Waals surface area contributed by atoms with Gasteiger partial charge in [0.05, 0.1) is 17.4 Å². The van der Waals surface area contributed by atoms with Crippen LogP contribution in [0.3, 0.4) is 0 Å². The maximum Gasteiger partial charge on any atom is 0.230 e. The number of aromatic nitrogens is 2. The highest BCUT2D eigenvalue weighted by Crippen LogP contribution is 2.50. The largest absolute Gasteiger partial charge is 0.342 e. The van der Waals surface area contributed by atoms with Crippen LogP contribution in [0.4, 0.5) is 0 Å². The Hall–Kier alpha value is -1.66. The van der Waals surface area contributed by atoms with Gasteiger partial charge >= 0.3 is 0 Å². The third kappa shape index (κ3) is 2.79. The van der Waals surface area contributed by atoms with Crippen molar-refractivity contribution in [3.63, 3.8) is 0 Å². The Balaban J connectivity index is 1.43. The van der Waals surface area contributed by atoms with E-state index in [1.54, 1.807) is 11.3 Å². The second-order valence-electron chi connectivity index (χ2n) is 8.37. The number of thiophene rings is 1. The highest BCUT2D eigenvalue weighted by molar-refractivity contribution is 7.09. The molecule has 1 aliphatic carbocycles. The average molecular weight is 371 g/mol. The first-order valence-electron chi connectivity index (χ1n) is 9.66. The summed E-state index contributed by atoms with van der Waals surface area (Å²) in [5, 5.41) is 2.13. The van der Waals surface area contributed by atoms with Crippen molar-refractivity contribution in [3.8, 4) is 0 Å². The second kappa shape index (κ2) is 6.20. The summed E-state index contributed by atoms with van der Waals surface area (Å²) in [5.41, 5.74) is 0.809. The molecular formula is C20H26N4OS. The first-order valence-corrected chi connectivity index (χ1v) is 10.5. The molecule has 0 aromatic carbocycles. The molecule has 5 nitrogen and oxygen atoms in total. The van der Waals surface area contributed by atoms with Gasteiger partial charge in [0, 0.05) is 56.8 Å². The third-order valence-corrected chi connectivity index (χ3v) is 7.23. The zero-order chi connectivity index (χ0) is 17.7. The molecule has 2 unspecified atom stereocenters. The van der Waals surface area contributed by atoms with E-state index in [2.05, 4.69) is 38.5 Å². The van der Waals surface area contributed by atoms with Crippen molar-refractivity contribution in [1.29, 1.82) is 0 Å². The topological polar surface area (TPSA) is 41.4 Å². The van der Waals surface area contributed by atoms with Gasteiger partial charge in [-0.15, -0.1) is 11.3 Å². The Morgan fingerprint density at radius 2 is 2.27 bits per heavy atom.